The second-order valence-corrected chi connectivity index (χ2v) is 7.89. The lowest BCUT2D eigenvalue weighted by molar-refractivity contribution is -0.135. The topological polar surface area (TPSA) is 59.1 Å². The fraction of sp³-hybridized carbons (Fsp3) is 0.545. The molecule has 0 atom stereocenters. The Balaban J connectivity index is 1.35. The summed E-state index contributed by atoms with van der Waals surface area (Å²) in [5, 5.41) is 2.79. The van der Waals surface area contributed by atoms with Crippen LogP contribution in [0.2, 0.25) is 0 Å². The number of benzene rings is 1. The molecule has 7 nitrogen and oxygen atoms in total. The van der Waals surface area contributed by atoms with Crippen molar-refractivity contribution in [1.29, 1.82) is 0 Å². The van der Waals surface area contributed by atoms with E-state index in [4.69, 9.17) is 0 Å². The van der Waals surface area contributed by atoms with Crippen molar-refractivity contribution in [3.63, 3.8) is 0 Å². The molecule has 8 heteroatoms. The predicted molar refractivity (Wildman–Crippen MR) is 114 cm³/mol. The number of nitrogens with zero attached hydrogens (tertiary/aromatic N) is 4. The van der Waals surface area contributed by atoms with Gasteiger partial charge in [0.05, 0.1) is 13.1 Å². The zero-order valence-electron chi connectivity index (χ0n) is 17.6. The van der Waals surface area contributed by atoms with Gasteiger partial charge in [0.1, 0.15) is 5.82 Å². The number of carbonyl (C=O) groups excluding carboxylic acids is 2. The average Bonchev–Trinajstić information content (AvgIpc) is 2.76. The molecule has 2 aliphatic heterocycles. The van der Waals surface area contributed by atoms with Crippen molar-refractivity contribution >= 4 is 11.8 Å². The molecule has 164 valence electrons. The molecule has 30 heavy (non-hydrogen) atoms. The standard InChI is InChI=1S/C22H32FN5O2/c1-2-7-24-21(29)17-26-8-10-27(11-9-26)18-22(30)28-14-12-25(13-15-28)16-19-5-3-4-6-20(19)23/h2-6H,1,7-18H2,(H,24,29). The monoisotopic (exact) mass is 417 g/mol. The Morgan fingerprint density at radius 1 is 0.933 bits per heavy atom. The first-order chi connectivity index (χ1) is 14.5. The molecule has 1 N–H and O–H groups in total. The van der Waals surface area contributed by atoms with Crippen LogP contribution in [0.1, 0.15) is 5.56 Å². The first-order valence-corrected chi connectivity index (χ1v) is 10.6. The normalized spacial score (nSPS) is 18.9. The van der Waals surface area contributed by atoms with Gasteiger partial charge in [0.2, 0.25) is 11.8 Å². The van der Waals surface area contributed by atoms with Gasteiger partial charge in [-0.05, 0) is 6.07 Å². The Morgan fingerprint density at radius 2 is 1.53 bits per heavy atom. The molecule has 0 aliphatic carbocycles. The van der Waals surface area contributed by atoms with Crippen LogP contribution in [-0.4, -0.2) is 103 Å². The number of piperazine rings is 2. The van der Waals surface area contributed by atoms with E-state index in [2.05, 4.69) is 26.6 Å². The largest absolute Gasteiger partial charge is 0.352 e. The first-order valence-electron chi connectivity index (χ1n) is 10.6. The molecule has 0 unspecified atom stereocenters. The minimum Gasteiger partial charge on any atom is -0.352 e. The summed E-state index contributed by atoms with van der Waals surface area (Å²) in [6.07, 6.45) is 1.67. The summed E-state index contributed by atoms with van der Waals surface area (Å²) in [5.41, 5.74) is 0.702. The lowest BCUT2D eigenvalue weighted by atomic mass is 10.2. The van der Waals surface area contributed by atoms with Crippen molar-refractivity contribution in [1.82, 2.24) is 24.9 Å². The highest BCUT2D eigenvalue weighted by Crippen LogP contribution is 2.12. The summed E-state index contributed by atoms with van der Waals surface area (Å²) in [4.78, 5) is 32.9. The van der Waals surface area contributed by atoms with E-state index in [1.165, 1.54) is 6.07 Å². The van der Waals surface area contributed by atoms with Crippen molar-refractivity contribution in [2.75, 3.05) is 72.0 Å². The molecule has 2 fully saturated rings. The Kier molecular flexibility index (Phi) is 8.36. The molecule has 0 spiro atoms. The summed E-state index contributed by atoms with van der Waals surface area (Å²) in [6, 6.07) is 6.86. The Hall–Kier alpha value is -2.29. The molecule has 0 radical (unpaired) electrons. The third-order valence-corrected chi connectivity index (χ3v) is 5.71. The maximum atomic E-state index is 13.8. The van der Waals surface area contributed by atoms with Gasteiger partial charge in [-0.15, -0.1) is 6.58 Å². The zero-order chi connectivity index (χ0) is 21.3. The van der Waals surface area contributed by atoms with E-state index in [1.54, 1.807) is 12.1 Å². The quantitative estimate of drug-likeness (QED) is 0.620. The van der Waals surface area contributed by atoms with E-state index in [1.807, 2.05) is 17.0 Å². The molecule has 0 saturated carbocycles. The third kappa shape index (κ3) is 6.62. The van der Waals surface area contributed by atoms with Crippen molar-refractivity contribution in [3.05, 3.63) is 48.3 Å². The molecule has 2 heterocycles. The van der Waals surface area contributed by atoms with E-state index in [-0.39, 0.29) is 17.6 Å². The number of amides is 2. The minimum atomic E-state index is -0.173. The van der Waals surface area contributed by atoms with Gasteiger partial charge >= 0.3 is 0 Å². The third-order valence-electron chi connectivity index (χ3n) is 5.71. The van der Waals surface area contributed by atoms with Crippen LogP contribution in [0.3, 0.4) is 0 Å². The van der Waals surface area contributed by atoms with Crippen molar-refractivity contribution in [2.45, 2.75) is 6.54 Å². The summed E-state index contributed by atoms with van der Waals surface area (Å²) in [7, 11) is 0. The molecule has 3 rings (SSSR count). The molecular weight excluding hydrogens is 385 g/mol. The van der Waals surface area contributed by atoms with Crippen LogP contribution in [0.25, 0.3) is 0 Å². The number of nitrogens with one attached hydrogen (secondary N) is 1. The average molecular weight is 418 g/mol. The molecule has 2 aliphatic rings. The van der Waals surface area contributed by atoms with E-state index >= 15 is 0 Å². The van der Waals surface area contributed by atoms with Gasteiger partial charge in [0.15, 0.2) is 0 Å². The summed E-state index contributed by atoms with van der Waals surface area (Å²) in [5.74, 6) is -0.0151. The number of rotatable bonds is 8. The van der Waals surface area contributed by atoms with Crippen LogP contribution in [0.4, 0.5) is 4.39 Å². The van der Waals surface area contributed by atoms with Crippen molar-refractivity contribution < 1.29 is 14.0 Å². The number of hydrogen-bond donors (Lipinski definition) is 1. The lowest BCUT2D eigenvalue weighted by Crippen LogP contribution is -2.54. The Labute approximate surface area is 178 Å². The molecule has 0 bridgehead atoms. The SMILES string of the molecule is C=CCNC(=O)CN1CCN(CC(=O)N2CCN(Cc3ccccc3F)CC2)CC1. The maximum absolute atomic E-state index is 13.8. The number of hydrogen-bond acceptors (Lipinski definition) is 5. The van der Waals surface area contributed by atoms with E-state index in [9.17, 15) is 14.0 Å². The van der Waals surface area contributed by atoms with Gasteiger partial charge in [-0.2, -0.15) is 0 Å². The summed E-state index contributed by atoms with van der Waals surface area (Å²) < 4.78 is 13.8. The number of halogens is 1. The Bertz CT molecular complexity index is 728. The lowest BCUT2D eigenvalue weighted by Gasteiger charge is -2.38. The fourth-order valence-corrected chi connectivity index (χ4v) is 3.86. The van der Waals surface area contributed by atoms with Gasteiger partial charge in [0.25, 0.3) is 0 Å². The zero-order valence-corrected chi connectivity index (χ0v) is 17.6. The molecule has 2 saturated heterocycles. The van der Waals surface area contributed by atoms with Gasteiger partial charge in [-0.1, -0.05) is 24.3 Å². The molecule has 1 aromatic carbocycles. The van der Waals surface area contributed by atoms with Crippen molar-refractivity contribution in [2.24, 2.45) is 0 Å². The van der Waals surface area contributed by atoms with Crippen LogP contribution in [0.5, 0.6) is 0 Å². The fourth-order valence-electron chi connectivity index (χ4n) is 3.86. The van der Waals surface area contributed by atoms with Crippen molar-refractivity contribution in [3.8, 4) is 0 Å². The maximum Gasteiger partial charge on any atom is 0.236 e. The van der Waals surface area contributed by atoms with Gasteiger partial charge < -0.3 is 10.2 Å². The van der Waals surface area contributed by atoms with Crippen LogP contribution in [0, 0.1) is 5.82 Å². The molecule has 0 aromatic heterocycles. The highest BCUT2D eigenvalue weighted by molar-refractivity contribution is 5.79. The smallest absolute Gasteiger partial charge is 0.236 e. The Morgan fingerprint density at radius 3 is 2.17 bits per heavy atom. The predicted octanol–water partition coefficient (Wildman–Crippen LogP) is 0.390. The summed E-state index contributed by atoms with van der Waals surface area (Å²) >= 11 is 0. The van der Waals surface area contributed by atoms with Gasteiger partial charge in [0, 0.05) is 71.0 Å². The summed E-state index contributed by atoms with van der Waals surface area (Å²) in [6.45, 7) is 11.5. The van der Waals surface area contributed by atoms with E-state index in [0.717, 1.165) is 39.3 Å². The highest BCUT2D eigenvalue weighted by atomic mass is 19.1. The second kappa shape index (κ2) is 11.2. The number of carbonyl (C=O) groups is 2. The minimum absolute atomic E-state index is 0.00711. The highest BCUT2D eigenvalue weighted by Gasteiger charge is 2.25. The van der Waals surface area contributed by atoms with Crippen LogP contribution >= 0.6 is 0 Å². The molecular formula is C22H32FN5O2. The molecule has 2 amide bonds. The van der Waals surface area contributed by atoms with Crippen LogP contribution in [-0.2, 0) is 16.1 Å². The second-order valence-electron chi connectivity index (χ2n) is 7.89. The van der Waals surface area contributed by atoms with E-state index < -0.39 is 0 Å². The first kappa shape index (κ1) is 22.4. The molecule has 1 aromatic rings. The van der Waals surface area contributed by atoms with Crippen LogP contribution < -0.4 is 5.32 Å². The van der Waals surface area contributed by atoms with Crippen LogP contribution in [0.15, 0.2) is 36.9 Å². The van der Waals surface area contributed by atoms with E-state index in [0.29, 0.717) is 44.8 Å². The van der Waals surface area contributed by atoms with Gasteiger partial charge in [-0.3, -0.25) is 24.3 Å². The van der Waals surface area contributed by atoms with Gasteiger partial charge in [-0.25, -0.2) is 4.39 Å².